The maximum absolute atomic E-state index is 12.6. The highest BCUT2D eigenvalue weighted by molar-refractivity contribution is 9.10. The highest BCUT2D eigenvalue weighted by atomic mass is 79.9. The summed E-state index contributed by atoms with van der Waals surface area (Å²) >= 11 is 3.43. The molecule has 116 valence electrons. The van der Waals surface area contributed by atoms with Gasteiger partial charge in [0.1, 0.15) is 0 Å². The first-order valence-corrected chi connectivity index (χ1v) is 8.39. The van der Waals surface area contributed by atoms with Gasteiger partial charge in [0.2, 0.25) is 0 Å². The average molecular weight is 362 g/mol. The Morgan fingerprint density at radius 3 is 2.55 bits per heavy atom. The third kappa shape index (κ3) is 2.95. The number of rotatable bonds is 4. The molecule has 1 atom stereocenters. The molecule has 1 heterocycles. The fraction of sp³-hybridized carbons (Fsp3) is 0.412. The molecule has 1 aliphatic rings. The van der Waals surface area contributed by atoms with Crippen molar-refractivity contribution in [1.29, 1.82) is 0 Å². The molecular formula is C17H20BrN3O. The van der Waals surface area contributed by atoms with Crippen LogP contribution in [0.4, 0.5) is 0 Å². The van der Waals surface area contributed by atoms with E-state index in [0.29, 0.717) is 11.5 Å². The Labute approximate surface area is 139 Å². The second-order valence-electron chi connectivity index (χ2n) is 6.03. The van der Waals surface area contributed by atoms with Crippen LogP contribution in [0.5, 0.6) is 0 Å². The Bertz CT molecular complexity index is 701. The van der Waals surface area contributed by atoms with Crippen LogP contribution < -0.4 is 5.32 Å². The van der Waals surface area contributed by atoms with E-state index in [0.717, 1.165) is 21.5 Å². The van der Waals surface area contributed by atoms with Crippen LogP contribution in [0.15, 0.2) is 28.7 Å². The molecule has 1 unspecified atom stereocenters. The topological polar surface area (TPSA) is 46.9 Å². The lowest BCUT2D eigenvalue weighted by atomic mass is 10.1. The SMILES string of the molecule is Cc1nn(-c2ccc(Br)cc2)c(C)c1C(=O)NC(C)C1CC1. The monoisotopic (exact) mass is 361 g/mol. The maximum Gasteiger partial charge on any atom is 0.255 e. The summed E-state index contributed by atoms with van der Waals surface area (Å²) in [5, 5.41) is 7.65. The molecule has 0 saturated heterocycles. The summed E-state index contributed by atoms with van der Waals surface area (Å²) in [5.74, 6) is 0.629. The van der Waals surface area contributed by atoms with Gasteiger partial charge in [0, 0.05) is 10.5 Å². The van der Waals surface area contributed by atoms with Crippen LogP contribution in [-0.4, -0.2) is 21.7 Å². The molecule has 22 heavy (non-hydrogen) atoms. The van der Waals surface area contributed by atoms with Gasteiger partial charge in [-0.25, -0.2) is 4.68 Å². The molecule has 1 amide bonds. The van der Waals surface area contributed by atoms with E-state index >= 15 is 0 Å². The van der Waals surface area contributed by atoms with Gasteiger partial charge < -0.3 is 5.32 Å². The highest BCUT2D eigenvalue weighted by Gasteiger charge is 2.30. The molecule has 4 nitrogen and oxygen atoms in total. The molecular weight excluding hydrogens is 342 g/mol. The number of aryl methyl sites for hydroxylation is 1. The highest BCUT2D eigenvalue weighted by Crippen LogP contribution is 2.32. The second-order valence-corrected chi connectivity index (χ2v) is 6.95. The van der Waals surface area contributed by atoms with Gasteiger partial charge in [0.25, 0.3) is 5.91 Å². The minimum atomic E-state index is -0.0160. The van der Waals surface area contributed by atoms with Crippen LogP contribution in [0.2, 0.25) is 0 Å². The predicted molar refractivity (Wildman–Crippen MR) is 90.4 cm³/mol. The first-order chi connectivity index (χ1) is 10.5. The molecule has 0 bridgehead atoms. The van der Waals surface area contributed by atoms with Gasteiger partial charge in [0.15, 0.2) is 0 Å². The van der Waals surface area contributed by atoms with Crippen molar-refractivity contribution in [3.8, 4) is 5.69 Å². The van der Waals surface area contributed by atoms with E-state index in [2.05, 4.69) is 33.3 Å². The summed E-state index contributed by atoms with van der Waals surface area (Å²) in [7, 11) is 0. The Morgan fingerprint density at radius 1 is 1.32 bits per heavy atom. The van der Waals surface area contributed by atoms with E-state index in [1.807, 2.05) is 42.8 Å². The van der Waals surface area contributed by atoms with Gasteiger partial charge in [-0.2, -0.15) is 5.10 Å². The largest absolute Gasteiger partial charge is 0.349 e. The minimum absolute atomic E-state index is 0.0160. The number of aromatic nitrogens is 2. The molecule has 1 saturated carbocycles. The van der Waals surface area contributed by atoms with Gasteiger partial charge in [-0.15, -0.1) is 0 Å². The summed E-state index contributed by atoms with van der Waals surface area (Å²) in [5.41, 5.74) is 3.29. The zero-order chi connectivity index (χ0) is 15.9. The number of carbonyl (C=O) groups excluding carboxylic acids is 1. The van der Waals surface area contributed by atoms with Gasteiger partial charge in [-0.05, 0) is 63.8 Å². The number of hydrogen-bond donors (Lipinski definition) is 1. The van der Waals surface area contributed by atoms with E-state index in [1.165, 1.54) is 12.8 Å². The number of benzene rings is 1. The third-order valence-electron chi connectivity index (χ3n) is 4.28. The zero-order valence-corrected chi connectivity index (χ0v) is 14.6. The first-order valence-electron chi connectivity index (χ1n) is 7.60. The van der Waals surface area contributed by atoms with Crippen LogP contribution in [0.25, 0.3) is 5.69 Å². The summed E-state index contributed by atoms with van der Waals surface area (Å²) in [4.78, 5) is 12.6. The lowest BCUT2D eigenvalue weighted by Gasteiger charge is -2.13. The lowest BCUT2D eigenvalue weighted by Crippen LogP contribution is -2.34. The standard InChI is InChI=1S/C17H20BrN3O/c1-10(13-4-5-13)19-17(22)16-11(2)20-21(12(16)3)15-8-6-14(18)7-9-15/h6-10,13H,4-5H2,1-3H3,(H,19,22). The Morgan fingerprint density at radius 2 is 1.95 bits per heavy atom. The molecule has 3 rings (SSSR count). The van der Waals surface area contributed by atoms with Crippen LogP contribution in [0.3, 0.4) is 0 Å². The zero-order valence-electron chi connectivity index (χ0n) is 13.1. The van der Waals surface area contributed by atoms with Crippen molar-refractivity contribution in [2.24, 2.45) is 5.92 Å². The smallest absolute Gasteiger partial charge is 0.255 e. The summed E-state index contributed by atoms with van der Waals surface area (Å²) in [6.07, 6.45) is 2.44. The van der Waals surface area contributed by atoms with Crippen molar-refractivity contribution in [3.63, 3.8) is 0 Å². The van der Waals surface area contributed by atoms with Gasteiger partial charge in [-0.3, -0.25) is 4.79 Å². The number of carbonyl (C=O) groups is 1. The van der Waals surface area contributed by atoms with E-state index in [9.17, 15) is 4.79 Å². The van der Waals surface area contributed by atoms with Crippen molar-refractivity contribution in [3.05, 3.63) is 45.7 Å². The van der Waals surface area contributed by atoms with E-state index in [4.69, 9.17) is 0 Å². The van der Waals surface area contributed by atoms with Gasteiger partial charge >= 0.3 is 0 Å². The number of hydrogen-bond acceptors (Lipinski definition) is 2. The molecule has 0 radical (unpaired) electrons. The Hall–Kier alpha value is -1.62. The fourth-order valence-corrected chi connectivity index (χ4v) is 3.06. The molecule has 2 aromatic rings. The number of nitrogens with zero attached hydrogens (tertiary/aromatic N) is 2. The molecule has 1 fully saturated rings. The minimum Gasteiger partial charge on any atom is -0.349 e. The van der Waals surface area contributed by atoms with Crippen molar-refractivity contribution in [2.75, 3.05) is 0 Å². The van der Waals surface area contributed by atoms with Crippen molar-refractivity contribution >= 4 is 21.8 Å². The van der Waals surface area contributed by atoms with E-state index in [1.54, 1.807) is 0 Å². The van der Waals surface area contributed by atoms with Crippen molar-refractivity contribution in [2.45, 2.75) is 39.7 Å². The quantitative estimate of drug-likeness (QED) is 0.900. The van der Waals surface area contributed by atoms with E-state index < -0.39 is 0 Å². The first kappa shape index (κ1) is 15.3. The molecule has 0 aliphatic heterocycles. The summed E-state index contributed by atoms with van der Waals surface area (Å²) in [6, 6.07) is 8.15. The number of halogens is 1. The molecule has 1 N–H and O–H groups in total. The normalized spacial score (nSPS) is 15.6. The second kappa shape index (κ2) is 5.88. The Balaban J connectivity index is 1.89. The molecule has 1 aliphatic carbocycles. The van der Waals surface area contributed by atoms with Gasteiger partial charge in [-0.1, -0.05) is 15.9 Å². The molecule has 5 heteroatoms. The summed E-state index contributed by atoms with van der Waals surface area (Å²) < 4.78 is 2.85. The van der Waals surface area contributed by atoms with Gasteiger partial charge in [0.05, 0.1) is 22.6 Å². The van der Waals surface area contributed by atoms with Crippen LogP contribution >= 0.6 is 15.9 Å². The average Bonchev–Trinajstić information content (AvgIpc) is 3.26. The fourth-order valence-electron chi connectivity index (χ4n) is 2.80. The third-order valence-corrected chi connectivity index (χ3v) is 4.81. The van der Waals surface area contributed by atoms with E-state index in [-0.39, 0.29) is 11.9 Å². The Kier molecular flexibility index (Phi) is 4.08. The number of amides is 1. The predicted octanol–water partition coefficient (Wildman–Crippen LogP) is 3.78. The van der Waals surface area contributed by atoms with Crippen molar-refractivity contribution in [1.82, 2.24) is 15.1 Å². The maximum atomic E-state index is 12.6. The molecule has 0 spiro atoms. The number of nitrogens with one attached hydrogen (secondary N) is 1. The summed E-state index contributed by atoms with van der Waals surface area (Å²) in [6.45, 7) is 5.91. The van der Waals surface area contributed by atoms with Crippen LogP contribution in [0.1, 0.15) is 41.5 Å². The van der Waals surface area contributed by atoms with Crippen molar-refractivity contribution < 1.29 is 4.79 Å². The molecule has 1 aromatic carbocycles. The molecule has 1 aromatic heterocycles. The van der Waals surface area contributed by atoms with Crippen LogP contribution in [0, 0.1) is 19.8 Å². The van der Waals surface area contributed by atoms with Crippen LogP contribution in [-0.2, 0) is 0 Å². The lowest BCUT2D eigenvalue weighted by molar-refractivity contribution is 0.0934.